The molecule has 1 aliphatic rings. The van der Waals surface area contributed by atoms with Crippen LogP contribution in [0.5, 0.6) is 5.75 Å². The van der Waals surface area contributed by atoms with Gasteiger partial charge >= 0.3 is 5.97 Å². The van der Waals surface area contributed by atoms with E-state index in [1.807, 2.05) is 0 Å². The van der Waals surface area contributed by atoms with Gasteiger partial charge in [-0.2, -0.15) is 0 Å². The van der Waals surface area contributed by atoms with E-state index < -0.39 is 11.6 Å². The number of rotatable bonds is 6. The van der Waals surface area contributed by atoms with Gasteiger partial charge < -0.3 is 18.8 Å². The average molecular weight is 577 g/mol. The van der Waals surface area contributed by atoms with Gasteiger partial charge in [-0.3, -0.25) is 9.59 Å². The van der Waals surface area contributed by atoms with Crippen LogP contribution in [0.1, 0.15) is 40.0 Å². The number of fused-ring (bicyclic) bond motifs is 1. The SMILES string of the molecule is CC(C)(C)OC(=O)[C@H]1CCCN1C(=O)CCOc1cc(Br)ccc1-c1cc(=O)c2cccc(Cl)c2o1. The zero-order valence-corrected chi connectivity index (χ0v) is 22.6. The summed E-state index contributed by atoms with van der Waals surface area (Å²) in [7, 11) is 0. The van der Waals surface area contributed by atoms with Crippen molar-refractivity contribution in [3.8, 4) is 17.1 Å². The van der Waals surface area contributed by atoms with Crippen LogP contribution in [0.2, 0.25) is 5.02 Å². The Bertz CT molecular complexity index is 1360. The van der Waals surface area contributed by atoms with Gasteiger partial charge in [0.1, 0.15) is 23.2 Å². The van der Waals surface area contributed by atoms with Gasteiger partial charge in [-0.05, 0) is 63.9 Å². The predicted octanol–water partition coefficient (Wildman–Crippen LogP) is 5.98. The molecule has 0 saturated carbocycles. The van der Waals surface area contributed by atoms with Crippen LogP contribution in [0.3, 0.4) is 0 Å². The van der Waals surface area contributed by atoms with Gasteiger partial charge in [0, 0.05) is 17.1 Å². The largest absolute Gasteiger partial charge is 0.492 e. The number of para-hydroxylation sites is 1. The highest BCUT2D eigenvalue weighted by Gasteiger charge is 2.36. The minimum atomic E-state index is -0.614. The molecular weight excluding hydrogens is 550 g/mol. The minimum absolute atomic E-state index is 0.0817. The second-order valence-electron chi connectivity index (χ2n) is 9.61. The van der Waals surface area contributed by atoms with Crippen molar-refractivity contribution in [2.24, 2.45) is 0 Å². The molecule has 2 aromatic carbocycles. The smallest absolute Gasteiger partial charge is 0.329 e. The monoisotopic (exact) mass is 575 g/mol. The summed E-state index contributed by atoms with van der Waals surface area (Å²) in [6.45, 7) is 6.01. The van der Waals surface area contributed by atoms with E-state index in [0.717, 1.165) is 10.9 Å². The Hall–Kier alpha value is -2.84. The number of carbonyl (C=O) groups is 2. The molecule has 36 heavy (non-hydrogen) atoms. The Morgan fingerprint density at radius 3 is 2.72 bits per heavy atom. The highest BCUT2D eigenvalue weighted by Crippen LogP contribution is 2.35. The number of esters is 1. The van der Waals surface area contributed by atoms with E-state index in [-0.39, 0.29) is 30.3 Å². The second-order valence-corrected chi connectivity index (χ2v) is 10.9. The van der Waals surface area contributed by atoms with Crippen molar-refractivity contribution in [3.05, 3.63) is 62.2 Å². The lowest BCUT2D eigenvalue weighted by atomic mass is 10.1. The molecule has 1 atom stereocenters. The van der Waals surface area contributed by atoms with E-state index in [4.69, 9.17) is 25.5 Å². The summed E-state index contributed by atoms with van der Waals surface area (Å²) in [6, 6.07) is 11.1. The molecule has 190 valence electrons. The topological polar surface area (TPSA) is 86.0 Å². The molecule has 0 aliphatic carbocycles. The Labute approximate surface area is 222 Å². The summed E-state index contributed by atoms with van der Waals surface area (Å²) < 4.78 is 18.2. The van der Waals surface area contributed by atoms with Crippen LogP contribution in [0.15, 0.2) is 56.1 Å². The summed E-state index contributed by atoms with van der Waals surface area (Å²) in [5, 5.41) is 0.725. The van der Waals surface area contributed by atoms with Gasteiger partial charge in [-0.25, -0.2) is 4.79 Å². The van der Waals surface area contributed by atoms with E-state index in [9.17, 15) is 14.4 Å². The van der Waals surface area contributed by atoms with Crippen LogP contribution >= 0.6 is 27.5 Å². The summed E-state index contributed by atoms with van der Waals surface area (Å²) in [6.07, 6.45) is 1.41. The van der Waals surface area contributed by atoms with E-state index in [1.54, 1.807) is 62.1 Å². The van der Waals surface area contributed by atoms with E-state index in [1.165, 1.54) is 6.07 Å². The standard InChI is InChI=1S/C27H27BrClNO6/c1-27(2,3)36-26(33)20-8-5-12-30(20)24(32)11-13-34-22-14-16(28)9-10-18(22)23-15-21(31)17-6-4-7-19(29)25(17)35-23/h4,6-7,9-10,14-15,20H,5,8,11-13H2,1-3H3/t20-/m1/s1. The number of nitrogens with zero attached hydrogens (tertiary/aromatic N) is 1. The lowest BCUT2D eigenvalue weighted by Crippen LogP contribution is -2.43. The molecule has 0 N–H and O–H groups in total. The van der Waals surface area contributed by atoms with Crippen molar-refractivity contribution in [2.45, 2.75) is 51.7 Å². The molecule has 9 heteroatoms. The summed E-state index contributed by atoms with van der Waals surface area (Å²) in [5.41, 5.74) is 0.0154. The maximum Gasteiger partial charge on any atom is 0.329 e. The van der Waals surface area contributed by atoms with Crippen molar-refractivity contribution < 1.29 is 23.5 Å². The summed E-state index contributed by atoms with van der Waals surface area (Å²) in [5.74, 6) is 0.188. The van der Waals surface area contributed by atoms with Crippen molar-refractivity contribution in [1.29, 1.82) is 0 Å². The molecule has 1 aromatic heterocycles. The van der Waals surface area contributed by atoms with Gasteiger partial charge in [-0.15, -0.1) is 0 Å². The highest BCUT2D eigenvalue weighted by atomic mass is 79.9. The lowest BCUT2D eigenvalue weighted by molar-refractivity contribution is -0.163. The van der Waals surface area contributed by atoms with Crippen LogP contribution in [0.4, 0.5) is 0 Å². The quantitative estimate of drug-likeness (QED) is 0.336. The molecule has 0 unspecified atom stereocenters. The number of benzene rings is 2. The molecule has 7 nitrogen and oxygen atoms in total. The Morgan fingerprint density at radius 1 is 1.19 bits per heavy atom. The number of carbonyl (C=O) groups excluding carboxylic acids is 2. The zero-order chi connectivity index (χ0) is 26.0. The molecule has 1 saturated heterocycles. The van der Waals surface area contributed by atoms with Crippen LogP contribution < -0.4 is 10.2 Å². The third kappa shape index (κ3) is 5.93. The first-order chi connectivity index (χ1) is 17.0. The minimum Gasteiger partial charge on any atom is -0.492 e. The van der Waals surface area contributed by atoms with Crippen LogP contribution in [-0.4, -0.2) is 41.6 Å². The van der Waals surface area contributed by atoms with E-state index in [0.29, 0.717) is 46.0 Å². The maximum atomic E-state index is 12.9. The van der Waals surface area contributed by atoms with Crippen molar-refractivity contribution in [1.82, 2.24) is 4.90 Å². The van der Waals surface area contributed by atoms with Crippen molar-refractivity contribution >= 4 is 50.4 Å². The number of hydrogen-bond donors (Lipinski definition) is 0. The molecule has 2 heterocycles. The predicted molar refractivity (Wildman–Crippen MR) is 141 cm³/mol. The number of ether oxygens (including phenoxy) is 2. The second kappa shape index (κ2) is 10.6. The Balaban J connectivity index is 1.50. The first-order valence-electron chi connectivity index (χ1n) is 11.7. The molecule has 0 radical (unpaired) electrons. The van der Waals surface area contributed by atoms with Crippen LogP contribution in [-0.2, 0) is 14.3 Å². The number of amides is 1. The normalized spacial score (nSPS) is 15.8. The summed E-state index contributed by atoms with van der Waals surface area (Å²) >= 11 is 9.69. The molecule has 1 amide bonds. The van der Waals surface area contributed by atoms with Gasteiger partial charge in [0.15, 0.2) is 11.0 Å². The number of likely N-dealkylation sites (tertiary alicyclic amines) is 1. The van der Waals surface area contributed by atoms with Gasteiger partial charge in [0.25, 0.3) is 0 Å². The zero-order valence-electron chi connectivity index (χ0n) is 20.3. The first-order valence-corrected chi connectivity index (χ1v) is 12.9. The molecule has 0 bridgehead atoms. The third-order valence-corrected chi connectivity index (χ3v) is 6.53. The molecule has 1 aliphatic heterocycles. The van der Waals surface area contributed by atoms with Crippen molar-refractivity contribution in [3.63, 3.8) is 0 Å². The van der Waals surface area contributed by atoms with Crippen molar-refractivity contribution in [2.75, 3.05) is 13.2 Å². The third-order valence-electron chi connectivity index (χ3n) is 5.74. The molecule has 1 fully saturated rings. The fourth-order valence-corrected chi connectivity index (χ4v) is 4.72. The van der Waals surface area contributed by atoms with E-state index >= 15 is 0 Å². The Morgan fingerprint density at radius 2 is 1.97 bits per heavy atom. The molecule has 3 aromatic rings. The molecular formula is C27H27BrClNO6. The number of halogens is 2. The summed E-state index contributed by atoms with van der Waals surface area (Å²) in [4.78, 5) is 39.7. The Kier molecular flexibility index (Phi) is 7.76. The van der Waals surface area contributed by atoms with Gasteiger partial charge in [0.05, 0.1) is 29.0 Å². The fraction of sp³-hybridized carbons (Fsp3) is 0.370. The van der Waals surface area contributed by atoms with Crippen LogP contribution in [0, 0.1) is 0 Å². The van der Waals surface area contributed by atoms with Gasteiger partial charge in [-0.1, -0.05) is 33.6 Å². The lowest BCUT2D eigenvalue weighted by Gasteiger charge is -2.27. The maximum absolute atomic E-state index is 12.9. The fourth-order valence-electron chi connectivity index (χ4n) is 4.17. The molecule has 4 rings (SSSR count). The average Bonchev–Trinajstić information content (AvgIpc) is 3.29. The highest BCUT2D eigenvalue weighted by molar-refractivity contribution is 9.10. The molecule has 0 spiro atoms. The van der Waals surface area contributed by atoms with Crippen LogP contribution in [0.25, 0.3) is 22.3 Å². The van der Waals surface area contributed by atoms with E-state index in [2.05, 4.69) is 15.9 Å². The number of hydrogen-bond acceptors (Lipinski definition) is 6. The first kappa shape index (κ1) is 26.2. The van der Waals surface area contributed by atoms with Gasteiger partial charge in [0.2, 0.25) is 5.91 Å².